The van der Waals surface area contributed by atoms with Crippen LogP contribution in [0.3, 0.4) is 0 Å². The fourth-order valence-electron chi connectivity index (χ4n) is 21.0. The van der Waals surface area contributed by atoms with Crippen LogP contribution in [0, 0.1) is 13.8 Å². The Labute approximate surface area is 754 Å². The van der Waals surface area contributed by atoms with E-state index >= 15 is 0 Å². The number of fused-ring (bicyclic) bond motifs is 12. The minimum atomic E-state index is 0.816. The highest BCUT2D eigenvalue weighted by atomic mass is 16.5. The normalized spacial score (nSPS) is 11.7. The van der Waals surface area contributed by atoms with Crippen molar-refractivity contribution in [1.29, 1.82) is 0 Å². The Morgan fingerprint density at radius 1 is 0.162 bits per heavy atom. The molecule has 0 unspecified atom stereocenters. The molecule has 0 radical (unpaired) electrons. The van der Waals surface area contributed by atoms with Crippen LogP contribution in [0.25, 0.3) is 163 Å². The molecule has 24 aromatic carbocycles. The van der Waals surface area contributed by atoms with Crippen LogP contribution in [0.1, 0.15) is 11.1 Å². The highest BCUT2D eigenvalue weighted by Crippen LogP contribution is 2.59. The summed E-state index contributed by atoms with van der Waals surface area (Å²) < 4.78 is 11.6. The van der Waals surface area contributed by atoms with Crippen LogP contribution in [0.15, 0.2) is 449 Å². The van der Waals surface area contributed by atoms with Gasteiger partial charge in [-0.25, -0.2) is 0 Å². The maximum absolute atomic E-state index is 5.85. The SMILES string of the molecule is COc1ccc2cc(N(c3ccccc3)c3c4ccccc4c(-c4c5ccccc5c(N(c5cccc(-c6ccc7c(N(c8ccccc8)c8c9ccccc9c(-c9c%10ccccc%10c(N(c%10ccccc%10)c%10ccc(C)c%11ccccc%10%11)c%10ccccc9%10)c9ccccc89)ccc(C)c7c6)c5)c5ccc6cc(OC)ccc6c5)c5ccccc45)c4ccccc34)ccc2c1. The van der Waals surface area contributed by atoms with Gasteiger partial charge in [-0.15, -0.1) is 0 Å². The number of methoxy groups -OCH3 is 2. The maximum Gasteiger partial charge on any atom is 0.119 e. The van der Waals surface area contributed by atoms with Gasteiger partial charge >= 0.3 is 0 Å². The number of para-hydroxylation sites is 3. The minimum absolute atomic E-state index is 0.816. The third kappa shape index (κ3) is 12.6. The molecule has 0 saturated carbocycles. The van der Waals surface area contributed by atoms with Gasteiger partial charge in [-0.3, -0.25) is 0 Å². The predicted octanol–water partition coefficient (Wildman–Crippen LogP) is 35.0. The summed E-state index contributed by atoms with van der Waals surface area (Å²) in [4.78, 5) is 10.0. The molecular weight excluding hydrogens is 1580 g/mol. The first-order valence-corrected chi connectivity index (χ1v) is 44.7. The lowest BCUT2D eigenvalue weighted by Crippen LogP contribution is -2.13. The molecule has 24 aromatic rings. The Hall–Kier alpha value is -16.8. The summed E-state index contributed by atoms with van der Waals surface area (Å²) in [6, 6.07) is 167. The summed E-state index contributed by atoms with van der Waals surface area (Å²) >= 11 is 0. The number of nitrogens with zero attached hydrogens (tertiary/aromatic N) is 4. The molecule has 0 aliphatic carbocycles. The molecule has 24 rings (SSSR count). The second kappa shape index (κ2) is 31.7. The van der Waals surface area contributed by atoms with E-state index in [2.05, 4.69) is 482 Å². The molecule has 6 heteroatoms. The summed E-state index contributed by atoms with van der Waals surface area (Å²) in [5.74, 6) is 1.65. The molecule has 0 atom stereocenters. The third-order valence-electron chi connectivity index (χ3n) is 26.9. The topological polar surface area (TPSA) is 31.4 Å². The Morgan fingerprint density at radius 3 is 0.785 bits per heavy atom. The molecule has 0 aromatic heterocycles. The monoisotopic (exact) mass is 1660 g/mol. The Kier molecular flexibility index (Phi) is 18.7. The average Bonchev–Trinajstić information content (AvgIpc) is 0.709. The molecule has 0 N–H and O–H groups in total. The lowest BCUT2D eigenvalue weighted by molar-refractivity contribution is 0.415. The van der Waals surface area contributed by atoms with E-state index in [9.17, 15) is 0 Å². The third-order valence-corrected chi connectivity index (χ3v) is 26.9. The van der Waals surface area contributed by atoms with Crippen molar-refractivity contribution in [2.75, 3.05) is 33.8 Å². The van der Waals surface area contributed by atoms with E-state index in [1.165, 1.54) is 54.9 Å². The van der Waals surface area contributed by atoms with Gasteiger partial charge in [-0.1, -0.05) is 334 Å². The van der Waals surface area contributed by atoms with Gasteiger partial charge < -0.3 is 29.1 Å². The molecule has 0 aliphatic heterocycles. The zero-order valence-corrected chi connectivity index (χ0v) is 72.3. The van der Waals surface area contributed by atoms with E-state index in [-0.39, 0.29) is 0 Å². The van der Waals surface area contributed by atoms with Crippen molar-refractivity contribution in [3.05, 3.63) is 460 Å². The van der Waals surface area contributed by atoms with Gasteiger partial charge in [0.15, 0.2) is 0 Å². The first-order valence-electron chi connectivity index (χ1n) is 44.7. The molecule has 6 nitrogen and oxygen atoms in total. The zero-order valence-electron chi connectivity index (χ0n) is 72.3. The molecule has 0 heterocycles. The smallest absolute Gasteiger partial charge is 0.119 e. The van der Waals surface area contributed by atoms with Crippen molar-refractivity contribution in [3.63, 3.8) is 0 Å². The molecule has 0 saturated heterocycles. The number of anilines is 12. The molecule has 0 amide bonds. The van der Waals surface area contributed by atoms with E-state index in [0.29, 0.717) is 0 Å². The largest absolute Gasteiger partial charge is 0.497 e. The number of hydrogen-bond donors (Lipinski definition) is 0. The lowest BCUT2D eigenvalue weighted by Gasteiger charge is -2.32. The second-order valence-electron chi connectivity index (χ2n) is 34.1. The van der Waals surface area contributed by atoms with E-state index < -0.39 is 0 Å². The van der Waals surface area contributed by atoms with Crippen molar-refractivity contribution in [2.45, 2.75) is 13.8 Å². The first kappa shape index (κ1) is 76.8. The van der Waals surface area contributed by atoms with Gasteiger partial charge in [0.05, 0.1) is 48.3 Å². The van der Waals surface area contributed by atoms with Crippen LogP contribution < -0.4 is 29.1 Å². The van der Waals surface area contributed by atoms with Crippen molar-refractivity contribution in [1.82, 2.24) is 0 Å². The summed E-state index contributed by atoms with van der Waals surface area (Å²) in [5, 5.41) is 27.6. The Morgan fingerprint density at radius 2 is 0.423 bits per heavy atom. The minimum Gasteiger partial charge on any atom is -0.497 e. The van der Waals surface area contributed by atoms with Gasteiger partial charge in [0, 0.05) is 88.0 Å². The van der Waals surface area contributed by atoms with Crippen molar-refractivity contribution in [2.24, 2.45) is 0 Å². The fraction of sp³-hybridized carbons (Fsp3) is 0.0323. The van der Waals surface area contributed by atoms with Crippen LogP contribution in [0.5, 0.6) is 11.5 Å². The summed E-state index contributed by atoms with van der Waals surface area (Å²) in [6.45, 7) is 4.48. The number of aryl methyl sites for hydroxylation is 2. The highest BCUT2D eigenvalue weighted by molar-refractivity contribution is 6.34. The summed E-state index contributed by atoms with van der Waals surface area (Å²) in [7, 11) is 3.47. The quantitative estimate of drug-likeness (QED) is 0.0845. The molecule has 130 heavy (non-hydrogen) atoms. The Balaban J connectivity index is 0.676. The van der Waals surface area contributed by atoms with Crippen molar-refractivity contribution in [3.8, 4) is 44.9 Å². The second-order valence-corrected chi connectivity index (χ2v) is 34.1. The van der Waals surface area contributed by atoms with Crippen LogP contribution in [0.4, 0.5) is 68.2 Å². The maximum atomic E-state index is 5.85. The van der Waals surface area contributed by atoms with E-state index in [1.54, 1.807) is 14.2 Å². The van der Waals surface area contributed by atoms with Crippen LogP contribution in [0.2, 0.25) is 0 Å². The summed E-state index contributed by atoms with van der Waals surface area (Å²) in [6.07, 6.45) is 0. The molecular formula is C124H86N4O2. The van der Waals surface area contributed by atoms with Gasteiger partial charge in [0.25, 0.3) is 0 Å². The lowest BCUT2D eigenvalue weighted by atomic mass is 9.84. The van der Waals surface area contributed by atoms with Gasteiger partial charge in [0.1, 0.15) is 11.5 Å². The van der Waals surface area contributed by atoms with Gasteiger partial charge in [-0.05, 0) is 249 Å². The number of benzene rings is 24. The standard InChI is InChI=1S/C124H86N4O2/c1-79-59-71-115(96-42-15-14-41-95(79)96)127(88-36-10-6-11-37-88)123-110-55-28-20-47-102(110)119(103-48-21-29-56-111(103)123)120-104-49-22-30-57-112(104)124(113-58-31-23-50-105(113)120)128(89-38-12-7-13-39-89)116-72-60-80(2)114-78-86(65-70-97(114)116)81-33-32-40-90(73-81)126(92-67-62-85-77-94(130-4)69-64-83(85)75-92)122-108-53-26-18-45-100(108)118(101-46-19-27-54-109(101)122)117-98-43-16-24-51-106(98)121(107-52-25-17-44-99(107)117)125(87-34-8-5-9-35-87)91-66-61-84-76-93(129-3)68-63-82(84)74-91/h5-78H,1-4H3. The average molecular weight is 1660 g/mol. The van der Waals surface area contributed by atoms with Gasteiger partial charge in [0.2, 0.25) is 0 Å². The number of ether oxygens (including phenoxy) is 2. The highest BCUT2D eigenvalue weighted by Gasteiger charge is 2.32. The number of rotatable bonds is 17. The van der Waals surface area contributed by atoms with Gasteiger partial charge in [-0.2, -0.15) is 0 Å². The molecule has 0 spiro atoms. The zero-order chi connectivity index (χ0) is 86.6. The number of hydrogen-bond acceptors (Lipinski definition) is 6. The molecule has 614 valence electrons. The van der Waals surface area contributed by atoms with E-state index in [1.807, 2.05) is 0 Å². The predicted molar refractivity (Wildman–Crippen MR) is 554 cm³/mol. The fourth-order valence-corrected chi connectivity index (χ4v) is 21.0. The van der Waals surface area contributed by atoms with Crippen LogP contribution >= 0.6 is 0 Å². The van der Waals surface area contributed by atoms with E-state index in [4.69, 9.17) is 9.47 Å². The van der Waals surface area contributed by atoms with Crippen LogP contribution in [-0.2, 0) is 0 Å². The Bertz CT molecular complexity index is 8480. The summed E-state index contributed by atoms with van der Waals surface area (Å²) in [5.41, 5.74) is 22.4. The van der Waals surface area contributed by atoms with Crippen molar-refractivity contribution >= 4 is 198 Å². The molecule has 0 bridgehead atoms. The van der Waals surface area contributed by atoms with E-state index in [0.717, 1.165) is 199 Å². The first-order chi connectivity index (χ1) is 64.3. The molecule has 0 aliphatic rings. The molecule has 0 fully saturated rings. The van der Waals surface area contributed by atoms with Crippen LogP contribution in [-0.4, -0.2) is 14.2 Å². The van der Waals surface area contributed by atoms with Crippen molar-refractivity contribution < 1.29 is 9.47 Å².